The van der Waals surface area contributed by atoms with E-state index in [-0.39, 0.29) is 0 Å². The SMILES string of the molecule is CC=Cc1ccc(OCCCCNCc2ccco2)c(OC)c1.O=C(O)C(=O)O. The van der Waals surface area contributed by atoms with Crippen molar-refractivity contribution in [3.63, 3.8) is 0 Å². The van der Waals surface area contributed by atoms with E-state index in [9.17, 15) is 0 Å². The molecule has 3 N–H and O–H groups in total. The van der Waals surface area contributed by atoms with Gasteiger partial charge in [0.15, 0.2) is 11.5 Å². The minimum absolute atomic E-state index is 0.682. The van der Waals surface area contributed by atoms with Crippen LogP contribution in [-0.2, 0) is 16.1 Å². The third-order valence-electron chi connectivity index (χ3n) is 3.61. The smallest absolute Gasteiger partial charge is 0.414 e. The van der Waals surface area contributed by atoms with Crippen molar-refractivity contribution in [2.75, 3.05) is 20.3 Å². The first-order valence-electron chi connectivity index (χ1n) is 9.10. The van der Waals surface area contributed by atoms with Gasteiger partial charge in [0.1, 0.15) is 5.76 Å². The van der Waals surface area contributed by atoms with Crippen LogP contribution in [0, 0.1) is 0 Å². The molecule has 1 aromatic heterocycles. The van der Waals surface area contributed by atoms with Gasteiger partial charge in [-0.15, -0.1) is 0 Å². The first-order valence-corrected chi connectivity index (χ1v) is 9.10. The van der Waals surface area contributed by atoms with E-state index < -0.39 is 11.9 Å². The summed E-state index contributed by atoms with van der Waals surface area (Å²) in [5.41, 5.74) is 1.11. The van der Waals surface area contributed by atoms with Crippen LogP contribution in [0.25, 0.3) is 6.08 Å². The summed E-state index contributed by atoms with van der Waals surface area (Å²) in [6.07, 6.45) is 7.78. The molecule has 1 heterocycles. The number of carboxylic acids is 2. The Hall–Kier alpha value is -3.26. The molecule has 158 valence electrons. The van der Waals surface area contributed by atoms with Gasteiger partial charge >= 0.3 is 11.9 Å². The number of carboxylic acid groups (broad SMARTS) is 2. The zero-order valence-corrected chi connectivity index (χ0v) is 16.6. The van der Waals surface area contributed by atoms with Gasteiger partial charge in [-0.05, 0) is 56.1 Å². The molecule has 0 aliphatic carbocycles. The van der Waals surface area contributed by atoms with E-state index in [2.05, 4.69) is 5.32 Å². The number of benzene rings is 1. The van der Waals surface area contributed by atoms with E-state index in [1.165, 1.54) is 0 Å². The van der Waals surface area contributed by atoms with Crippen molar-refractivity contribution in [2.24, 2.45) is 0 Å². The largest absolute Gasteiger partial charge is 0.493 e. The summed E-state index contributed by atoms with van der Waals surface area (Å²) in [6.45, 7) is 4.40. The van der Waals surface area contributed by atoms with E-state index >= 15 is 0 Å². The molecule has 0 bridgehead atoms. The minimum atomic E-state index is -1.82. The second-order valence-corrected chi connectivity index (χ2v) is 5.83. The molecular formula is C21H27NO7. The molecule has 8 nitrogen and oxygen atoms in total. The zero-order valence-electron chi connectivity index (χ0n) is 16.6. The van der Waals surface area contributed by atoms with E-state index in [4.69, 9.17) is 33.7 Å². The van der Waals surface area contributed by atoms with Crippen LogP contribution in [0.3, 0.4) is 0 Å². The van der Waals surface area contributed by atoms with Crippen molar-refractivity contribution in [3.8, 4) is 11.5 Å². The summed E-state index contributed by atoms with van der Waals surface area (Å²) in [6, 6.07) is 9.85. The van der Waals surface area contributed by atoms with E-state index in [1.807, 2.05) is 49.4 Å². The number of carbonyl (C=O) groups is 2. The Bertz CT molecular complexity index is 757. The van der Waals surface area contributed by atoms with Gasteiger partial charge < -0.3 is 29.4 Å². The minimum Gasteiger partial charge on any atom is -0.493 e. The fourth-order valence-corrected chi connectivity index (χ4v) is 2.26. The number of furan rings is 1. The molecule has 0 aliphatic rings. The van der Waals surface area contributed by atoms with Gasteiger partial charge in [-0.2, -0.15) is 0 Å². The maximum Gasteiger partial charge on any atom is 0.414 e. The van der Waals surface area contributed by atoms with Crippen LogP contribution in [0.4, 0.5) is 0 Å². The molecule has 29 heavy (non-hydrogen) atoms. The number of ether oxygens (including phenoxy) is 2. The molecule has 2 rings (SSSR count). The lowest BCUT2D eigenvalue weighted by atomic mass is 10.2. The van der Waals surface area contributed by atoms with Crippen LogP contribution in [-0.4, -0.2) is 42.4 Å². The van der Waals surface area contributed by atoms with Crippen LogP contribution < -0.4 is 14.8 Å². The number of hydrogen-bond acceptors (Lipinski definition) is 6. The molecule has 0 fully saturated rings. The molecule has 8 heteroatoms. The Balaban J connectivity index is 0.000000612. The van der Waals surface area contributed by atoms with Crippen molar-refractivity contribution in [2.45, 2.75) is 26.3 Å². The third-order valence-corrected chi connectivity index (χ3v) is 3.61. The van der Waals surface area contributed by atoms with Gasteiger partial charge in [0, 0.05) is 0 Å². The van der Waals surface area contributed by atoms with Crippen molar-refractivity contribution < 1.29 is 33.7 Å². The summed E-state index contributed by atoms with van der Waals surface area (Å²) in [5.74, 6) is -1.11. The standard InChI is InChI=1S/C19H25NO3.C2H2O4/c1-3-7-16-9-10-18(19(14-16)21-2)23-12-5-4-11-20-15-17-8-6-13-22-17;3-1(4)2(5)6/h3,6-10,13-14,20H,4-5,11-12,15H2,1-2H3;(H,3,4)(H,5,6). The van der Waals surface area contributed by atoms with Crippen LogP contribution in [0.2, 0.25) is 0 Å². The van der Waals surface area contributed by atoms with Gasteiger partial charge in [-0.25, -0.2) is 9.59 Å². The number of rotatable bonds is 10. The molecule has 0 spiro atoms. The molecule has 0 aliphatic heterocycles. The summed E-state index contributed by atoms with van der Waals surface area (Å²) in [5, 5.41) is 18.1. The van der Waals surface area contributed by atoms with E-state index in [0.717, 1.165) is 48.8 Å². The Morgan fingerprint density at radius 1 is 1.14 bits per heavy atom. The maximum absolute atomic E-state index is 9.10. The second-order valence-electron chi connectivity index (χ2n) is 5.83. The summed E-state index contributed by atoms with van der Waals surface area (Å²) < 4.78 is 16.5. The van der Waals surface area contributed by atoms with Crippen LogP contribution in [0.5, 0.6) is 11.5 Å². The molecule has 1 aromatic carbocycles. The average molecular weight is 405 g/mol. The van der Waals surface area contributed by atoms with Crippen molar-refractivity contribution in [1.29, 1.82) is 0 Å². The topological polar surface area (TPSA) is 118 Å². The highest BCUT2D eigenvalue weighted by Gasteiger charge is 2.05. The highest BCUT2D eigenvalue weighted by Crippen LogP contribution is 2.28. The Morgan fingerprint density at radius 2 is 1.90 bits per heavy atom. The average Bonchev–Trinajstić information content (AvgIpc) is 3.22. The predicted molar refractivity (Wildman–Crippen MR) is 108 cm³/mol. The van der Waals surface area contributed by atoms with Gasteiger partial charge in [0.05, 0.1) is 26.5 Å². The fraction of sp³-hybridized carbons (Fsp3) is 0.333. The van der Waals surface area contributed by atoms with Gasteiger partial charge in [0.25, 0.3) is 0 Å². The number of hydrogen-bond donors (Lipinski definition) is 3. The second kappa shape index (κ2) is 13.8. The van der Waals surface area contributed by atoms with Crippen LogP contribution in [0.15, 0.2) is 47.1 Å². The van der Waals surface area contributed by atoms with Gasteiger partial charge in [-0.1, -0.05) is 18.2 Å². The normalized spacial score (nSPS) is 10.3. The monoisotopic (exact) mass is 405 g/mol. The molecule has 0 radical (unpaired) electrons. The van der Waals surface area contributed by atoms with Crippen molar-refractivity contribution >= 4 is 18.0 Å². The number of methoxy groups -OCH3 is 1. The summed E-state index contributed by atoms with van der Waals surface area (Å²) >= 11 is 0. The number of unbranched alkanes of at least 4 members (excludes halogenated alkanes) is 1. The van der Waals surface area contributed by atoms with E-state index in [1.54, 1.807) is 13.4 Å². The molecule has 0 saturated heterocycles. The number of aliphatic carboxylic acids is 2. The van der Waals surface area contributed by atoms with Crippen LogP contribution >= 0.6 is 0 Å². The zero-order chi connectivity index (χ0) is 21.5. The fourth-order valence-electron chi connectivity index (χ4n) is 2.26. The van der Waals surface area contributed by atoms with Crippen LogP contribution in [0.1, 0.15) is 31.1 Å². The number of nitrogens with one attached hydrogen (secondary N) is 1. The maximum atomic E-state index is 9.10. The first-order chi connectivity index (χ1) is 14.0. The molecular weight excluding hydrogens is 378 g/mol. The molecule has 0 unspecified atom stereocenters. The lowest BCUT2D eigenvalue weighted by Crippen LogP contribution is -2.15. The van der Waals surface area contributed by atoms with Gasteiger partial charge in [0.2, 0.25) is 0 Å². The van der Waals surface area contributed by atoms with E-state index in [0.29, 0.717) is 6.61 Å². The predicted octanol–water partition coefficient (Wildman–Crippen LogP) is 3.43. The lowest BCUT2D eigenvalue weighted by molar-refractivity contribution is -0.159. The quantitative estimate of drug-likeness (QED) is 0.406. The van der Waals surface area contributed by atoms with Gasteiger partial charge in [-0.3, -0.25) is 0 Å². The van der Waals surface area contributed by atoms with Crippen molar-refractivity contribution in [1.82, 2.24) is 5.32 Å². The Labute approximate surface area is 169 Å². The Morgan fingerprint density at radius 3 is 2.48 bits per heavy atom. The molecule has 0 atom stereocenters. The molecule has 0 saturated carbocycles. The third kappa shape index (κ3) is 10.0. The summed E-state index contributed by atoms with van der Waals surface area (Å²) in [7, 11) is 1.67. The molecule has 0 amide bonds. The Kier molecular flexibility index (Phi) is 11.3. The highest BCUT2D eigenvalue weighted by molar-refractivity contribution is 6.27. The highest BCUT2D eigenvalue weighted by atomic mass is 16.5. The van der Waals surface area contributed by atoms with Crippen molar-refractivity contribution in [3.05, 3.63) is 54.0 Å². The first kappa shape index (κ1) is 23.8. The summed E-state index contributed by atoms with van der Waals surface area (Å²) in [4.78, 5) is 18.2. The number of allylic oxidation sites excluding steroid dienone is 1. The lowest BCUT2D eigenvalue weighted by Gasteiger charge is -2.11. The molecule has 2 aromatic rings.